The van der Waals surface area contributed by atoms with Crippen LogP contribution in [0.3, 0.4) is 0 Å². The van der Waals surface area contributed by atoms with Crippen LogP contribution in [0, 0.1) is 0 Å². The largest absolute Gasteiger partial charge is 0.456 e. The molecular weight excluding hydrogens is 320 g/mol. The molecule has 3 aromatic carbocycles. The lowest BCUT2D eigenvalue weighted by molar-refractivity contribution is 0.669. The highest BCUT2D eigenvalue weighted by Gasteiger charge is 2.16. The van der Waals surface area contributed by atoms with Gasteiger partial charge in [0.25, 0.3) is 0 Å². The molecule has 0 aliphatic rings. The maximum Gasteiger partial charge on any atom is 0.136 e. The molecule has 3 nitrogen and oxygen atoms in total. The molecular formula is C23H18N2O. The zero-order chi connectivity index (χ0) is 17.7. The van der Waals surface area contributed by atoms with Crippen molar-refractivity contribution in [3.05, 3.63) is 72.4 Å². The summed E-state index contributed by atoms with van der Waals surface area (Å²) in [5.74, 6) is 0.286. The number of nitrogens with zero attached hydrogens (tertiary/aromatic N) is 2. The van der Waals surface area contributed by atoms with E-state index in [4.69, 9.17) is 14.4 Å². The summed E-state index contributed by atoms with van der Waals surface area (Å²) in [6, 6.07) is 22.5. The quantitative estimate of drug-likeness (QED) is 0.378. The summed E-state index contributed by atoms with van der Waals surface area (Å²) in [5.41, 5.74) is 6.63. The SMILES string of the molecule is CC(C)c1nc2ccccc2nc1-c1ccc2c(c1)oc1ccccc12. The number of rotatable bonds is 2. The van der Waals surface area contributed by atoms with Gasteiger partial charge in [0.2, 0.25) is 0 Å². The summed E-state index contributed by atoms with van der Waals surface area (Å²) in [7, 11) is 0. The standard InChI is InChI=1S/C23H18N2O/c1-14(2)22-23(25-19-9-5-4-8-18(19)24-22)15-11-12-17-16-7-3-6-10-20(16)26-21(17)13-15/h3-14H,1-2H3. The Morgan fingerprint density at radius 3 is 2.23 bits per heavy atom. The normalized spacial score (nSPS) is 11.8. The van der Waals surface area contributed by atoms with Gasteiger partial charge in [-0.25, -0.2) is 9.97 Å². The number of furan rings is 1. The van der Waals surface area contributed by atoms with E-state index >= 15 is 0 Å². The molecule has 0 saturated carbocycles. The first-order chi connectivity index (χ1) is 12.7. The fourth-order valence-corrected chi connectivity index (χ4v) is 3.50. The number of para-hydroxylation sites is 3. The van der Waals surface area contributed by atoms with Crippen LogP contribution in [0.15, 0.2) is 71.1 Å². The predicted molar refractivity (Wildman–Crippen MR) is 106 cm³/mol. The van der Waals surface area contributed by atoms with Crippen molar-refractivity contribution < 1.29 is 4.42 Å². The van der Waals surface area contributed by atoms with Gasteiger partial charge in [-0.15, -0.1) is 0 Å². The molecule has 0 saturated heterocycles. The number of hydrogen-bond acceptors (Lipinski definition) is 3. The van der Waals surface area contributed by atoms with E-state index in [1.807, 2.05) is 42.5 Å². The van der Waals surface area contributed by atoms with Crippen LogP contribution in [0.5, 0.6) is 0 Å². The first kappa shape index (κ1) is 15.1. The molecule has 0 N–H and O–H groups in total. The van der Waals surface area contributed by atoms with Crippen LogP contribution in [-0.4, -0.2) is 9.97 Å². The molecule has 0 spiro atoms. The second kappa shape index (κ2) is 5.67. The maximum atomic E-state index is 6.05. The molecule has 3 heteroatoms. The number of hydrogen-bond donors (Lipinski definition) is 0. The minimum atomic E-state index is 0.286. The van der Waals surface area contributed by atoms with Gasteiger partial charge in [0.15, 0.2) is 0 Å². The van der Waals surface area contributed by atoms with Gasteiger partial charge >= 0.3 is 0 Å². The van der Waals surface area contributed by atoms with Crippen molar-refractivity contribution in [1.29, 1.82) is 0 Å². The van der Waals surface area contributed by atoms with Crippen molar-refractivity contribution in [1.82, 2.24) is 9.97 Å². The Labute approximate surface area is 151 Å². The van der Waals surface area contributed by atoms with Crippen molar-refractivity contribution in [3.63, 3.8) is 0 Å². The van der Waals surface area contributed by atoms with Gasteiger partial charge in [-0.05, 0) is 36.2 Å². The Bertz CT molecular complexity index is 1270. The van der Waals surface area contributed by atoms with E-state index in [1.165, 1.54) is 0 Å². The van der Waals surface area contributed by atoms with E-state index in [2.05, 4.69) is 38.1 Å². The molecule has 0 amide bonds. The van der Waals surface area contributed by atoms with Gasteiger partial charge in [0, 0.05) is 16.3 Å². The van der Waals surface area contributed by atoms with E-state index in [-0.39, 0.29) is 5.92 Å². The highest BCUT2D eigenvalue weighted by atomic mass is 16.3. The van der Waals surface area contributed by atoms with Gasteiger partial charge in [0.05, 0.1) is 22.4 Å². The Morgan fingerprint density at radius 1 is 0.731 bits per heavy atom. The van der Waals surface area contributed by atoms with Crippen molar-refractivity contribution in [2.45, 2.75) is 19.8 Å². The van der Waals surface area contributed by atoms with E-state index in [0.717, 1.165) is 49.9 Å². The Balaban J connectivity index is 1.78. The van der Waals surface area contributed by atoms with Crippen molar-refractivity contribution in [2.24, 2.45) is 0 Å². The lowest BCUT2D eigenvalue weighted by Gasteiger charge is -2.12. The molecule has 0 aliphatic heterocycles. The fraction of sp³-hybridized carbons (Fsp3) is 0.130. The van der Waals surface area contributed by atoms with Gasteiger partial charge in [-0.2, -0.15) is 0 Å². The van der Waals surface area contributed by atoms with E-state index in [1.54, 1.807) is 0 Å². The summed E-state index contributed by atoms with van der Waals surface area (Å²) < 4.78 is 6.05. The minimum Gasteiger partial charge on any atom is -0.456 e. The van der Waals surface area contributed by atoms with Crippen LogP contribution in [-0.2, 0) is 0 Å². The third-order valence-electron chi connectivity index (χ3n) is 4.80. The number of aromatic nitrogens is 2. The van der Waals surface area contributed by atoms with Crippen LogP contribution in [0.4, 0.5) is 0 Å². The van der Waals surface area contributed by atoms with Crippen molar-refractivity contribution in [3.8, 4) is 11.3 Å². The van der Waals surface area contributed by atoms with Crippen LogP contribution in [0.25, 0.3) is 44.2 Å². The Hall–Kier alpha value is -3.20. The van der Waals surface area contributed by atoms with E-state index < -0.39 is 0 Å². The molecule has 0 atom stereocenters. The second-order valence-electron chi connectivity index (χ2n) is 6.91. The monoisotopic (exact) mass is 338 g/mol. The number of fused-ring (bicyclic) bond motifs is 4. The Kier molecular flexibility index (Phi) is 3.29. The molecule has 5 aromatic rings. The molecule has 0 aliphatic carbocycles. The molecule has 0 bridgehead atoms. The van der Waals surface area contributed by atoms with Crippen LogP contribution in [0.1, 0.15) is 25.5 Å². The molecule has 2 aromatic heterocycles. The lowest BCUT2D eigenvalue weighted by Crippen LogP contribution is -2.00. The zero-order valence-electron chi connectivity index (χ0n) is 14.7. The van der Waals surface area contributed by atoms with Crippen molar-refractivity contribution in [2.75, 3.05) is 0 Å². The number of benzene rings is 3. The van der Waals surface area contributed by atoms with Gasteiger partial charge in [0.1, 0.15) is 11.2 Å². The molecule has 0 radical (unpaired) electrons. The van der Waals surface area contributed by atoms with Gasteiger partial charge < -0.3 is 4.42 Å². The molecule has 0 fully saturated rings. The molecule has 2 heterocycles. The average molecular weight is 338 g/mol. The van der Waals surface area contributed by atoms with Crippen LogP contribution >= 0.6 is 0 Å². The summed E-state index contributed by atoms with van der Waals surface area (Å²) in [6.07, 6.45) is 0. The third kappa shape index (κ3) is 2.28. The molecule has 126 valence electrons. The van der Waals surface area contributed by atoms with Gasteiger partial charge in [-0.3, -0.25) is 0 Å². The summed E-state index contributed by atoms with van der Waals surface area (Å²) in [6.45, 7) is 4.31. The fourth-order valence-electron chi connectivity index (χ4n) is 3.50. The third-order valence-corrected chi connectivity index (χ3v) is 4.80. The highest BCUT2D eigenvalue weighted by molar-refractivity contribution is 6.05. The van der Waals surface area contributed by atoms with E-state index in [9.17, 15) is 0 Å². The lowest BCUT2D eigenvalue weighted by atomic mass is 10.0. The van der Waals surface area contributed by atoms with Crippen LogP contribution < -0.4 is 0 Å². The smallest absolute Gasteiger partial charge is 0.136 e. The maximum absolute atomic E-state index is 6.05. The first-order valence-electron chi connectivity index (χ1n) is 8.89. The summed E-state index contributed by atoms with van der Waals surface area (Å²) in [5, 5.41) is 2.27. The molecule has 0 unspecified atom stereocenters. The predicted octanol–water partition coefficient (Wildman–Crippen LogP) is 6.32. The van der Waals surface area contributed by atoms with Crippen LogP contribution in [0.2, 0.25) is 0 Å². The molecule has 5 rings (SSSR count). The van der Waals surface area contributed by atoms with Crippen molar-refractivity contribution >= 4 is 33.0 Å². The summed E-state index contributed by atoms with van der Waals surface area (Å²) >= 11 is 0. The van der Waals surface area contributed by atoms with Gasteiger partial charge in [-0.1, -0.05) is 50.2 Å². The zero-order valence-corrected chi connectivity index (χ0v) is 14.7. The second-order valence-corrected chi connectivity index (χ2v) is 6.91. The average Bonchev–Trinajstić information content (AvgIpc) is 3.04. The van der Waals surface area contributed by atoms with E-state index in [0.29, 0.717) is 0 Å². The summed E-state index contributed by atoms with van der Waals surface area (Å²) in [4.78, 5) is 9.80. The topological polar surface area (TPSA) is 38.9 Å². The Morgan fingerprint density at radius 2 is 1.42 bits per heavy atom. The first-order valence-corrected chi connectivity index (χ1v) is 8.89. The highest BCUT2D eigenvalue weighted by Crippen LogP contribution is 2.34. The minimum absolute atomic E-state index is 0.286. The molecule has 26 heavy (non-hydrogen) atoms.